The highest BCUT2D eigenvalue weighted by Crippen LogP contribution is 2.28. The SMILES string of the molecule is Cc1nnc(N2CC(O)CC2C(=O)O)s1. The molecule has 0 bridgehead atoms. The van der Waals surface area contributed by atoms with Crippen molar-refractivity contribution in [3.05, 3.63) is 5.01 Å². The summed E-state index contributed by atoms with van der Waals surface area (Å²) in [4.78, 5) is 12.5. The van der Waals surface area contributed by atoms with Crippen LogP contribution in [0.25, 0.3) is 0 Å². The van der Waals surface area contributed by atoms with E-state index in [4.69, 9.17) is 5.11 Å². The molecule has 2 N–H and O–H groups in total. The number of aliphatic hydroxyl groups is 1. The average Bonchev–Trinajstić information content (AvgIpc) is 2.71. The second-order valence-electron chi connectivity index (χ2n) is 3.50. The smallest absolute Gasteiger partial charge is 0.326 e. The normalized spacial score (nSPS) is 25.9. The number of carbonyl (C=O) groups is 1. The molecule has 1 aliphatic heterocycles. The summed E-state index contributed by atoms with van der Waals surface area (Å²) < 4.78 is 0. The molecule has 2 rings (SSSR count). The van der Waals surface area contributed by atoms with Crippen LogP contribution >= 0.6 is 11.3 Å². The minimum Gasteiger partial charge on any atom is -0.480 e. The molecule has 0 amide bonds. The monoisotopic (exact) mass is 229 g/mol. The van der Waals surface area contributed by atoms with Crippen molar-refractivity contribution >= 4 is 22.4 Å². The van der Waals surface area contributed by atoms with Crippen molar-refractivity contribution in [1.82, 2.24) is 10.2 Å². The molecule has 1 fully saturated rings. The van der Waals surface area contributed by atoms with E-state index in [2.05, 4.69) is 10.2 Å². The molecule has 15 heavy (non-hydrogen) atoms. The minimum atomic E-state index is -0.931. The summed E-state index contributed by atoms with van der Waals surface area (Å²) in [7, 11) is 0. The Morgan fingerprint density at radius 1 is 1.60 bits per heavy atom. The second kappa shape index (κ2) is 3.74. The largest absolute Gasteiger partial charge is 0.480 e. The number of nitrogens with zero attached hydrogens (tertiary/aromatic N) is 3. The molecule has 1 aromatic rings. The molecule has 1 aromatic heterocycles. The van der Waals surface area contributed by atoms with Crippen molar-refractivity contribution in [3.8, 4) is 0 Å². The number of β-amino-alcohol motifs (C(OH)–C–C–N with tert-alkyl or cyclic N) is 1. The molecule has 82 valence electrons. The Kier molecular flexibility index (Phi) is 2.57. The van der Waals surface area contributed by atoms with Crippen LogP contribution in [0.2, 0.25) is 0 Å². The zero-order chi connectivity index (χ0) is 11.0. The molecule has 1 aliphatic rings. The molecule has 0 spiro atoms. The van der Waals surface area contributed by atoms with Crippen molar-refractivity contribution in [3.63, 3.8) is 0 Å². The lowest BCUT2D eigenvalue weighted by molar-refractivity contribution is -0.138. The molecule has 1 saturated heterocycles. The van der Waals surface area contributed by atoms with Gasteiger partial charge in [0.05, 0.1) is 6.10 Å². The van der Waals surface area contributed by atoms with E-state index in [1.807, 2.05) is 6.92 Å². The standard InChI is InChI=1S/C8H11N3O3S/c1-4-9-10-8(15-4)11-3-5(12)2-6(11)7(13)14/h5-6,12H,2-3H2,1H3,(H,13,14). The van der Waals surface area contributed by atoms with Gasteiger partial charge in [0.1, 0.15) is 11.0 Å². The van der Waals surface area contributed by atoms with Gasteiger partial charge in [-0.15, -0.1) is 10.2 Å². The molecular formula is C8H11N3O3S. The van der Waals surface area contributed by atoms with Crippen LogP contribution in [0.3, 0.4) is 0 Å². The average molecular weight is 229 g/mol. The van der Waals surface area contributed by atoms with Crippen LogP contribution in [-0.2, 0) is 4.79 Å². The highest BCUT2D eigenvalue weighted by molar-refractivity contribution is 7.15. The van der Waals surface area contributed by atoms with Crippen molar-refractivity contribution in [1.29, 1.82) is 0 Å². The van der Waals surface area contributed by atoms with Gasteiger partial charge < -0.3 is 15.1 Å². The van der Waals surface area contributed by atoms with E-state index in [9.17, 15) is 9.90 Å². The van der Waals surface area contributed by atoms with Crippen LogP contribution in [0.4, 0.5) is 5.13 Å². The minimum absolute atomic E-state index is 0.244. The predicted molar refractivity (Wildman–Crippen MR) is 54.0 cm³/mol. The molecule has 2 heterocycles. The first-order valence-corrected chi connectivity index (χ1v) is 5.37. The van der Waals surface area contributed by atoms with Gasteiger partial charge >= 0.3 is 5.97 Å². The summed E-state index contributed by atoms with van der Waals surface area (Å²) in [5.41, 5.74) is 0. The van der Waals surface area contributed by atoms with Crippen molar-refractivity contribution in [2.24, 2.45) is 0 Å². The van der Waals surface area contributed by atoms with E-state index in [1.165, 1.54) is 11.3 Å². The van der Waals surface area contributed by atoms with Gasteiger partial charge in [0.2, 0.25) is 5.13 Å². The fourth-order valence-electron chi connectivity index (χ4n) is 1.66. The summed E-state index contributed by atoms with van der Waals surface area (Å²) in [6.45, 7) is 2.12. The molecule has 2 unspecified atom stereocenters. The van der Waals surface area contributed by atoms with E-state index < -0.39 is 18.1 Å². The number of aliphatic carboxylic acids is 1. The molecule has 2 atom stereocenters. The highest BCUT2D eigenvalue weighted by atomic mass is 32.1. The van der Waals surface area contributed by atoms with Gasteiger partial charge in [-0.1, -0.05) is 11.3 Å². The fraction of sp³-hybridized carbons (Fsp3) is 0.625. The number of rotatable bonds is 2. The lowest BCUT2D eigenvalue weighted by atomic mass is 10.2. The van der Waals surface area contributed by atoms with Crippen LogP contribution in [0.5, 0.6) is 0 Å². The first kappa shape index (κ1) is 10.3. The third kappa shape index (κ3) is 1.93. The van der Waals surface area contributed by atoms with Gasteiger partial charge in [-0.3, -0.25) is 0 Å². The Hall–Kier alpha value is -1.21. The van der Waals surface area contributed by atoms with E-state index in [-0.39, 0.29) is 6.42 Å². The topological polar surface area (TPSA) is 86.5 Å². The first-order chi connectivity index (χ1) is 7.08. The van der Waals surface area contributed by atoms with Crippen LogP contribution in [0.1, 0.15) is 11.4 Å². The molecule has 7 heteroatoms. The number of hydrogen-bond donors (Lipinski definition) is 2. The fourth-order valence-corrected chi connectivity index (χ4v) is 2.41. The number of hydrogen-bond acceptors (Lipinski definition) is 6. The maximum absolute atomic E-state index is 10.9. The predicted octanol–water partition coefficient (Wildman–Crippen LogP) is -0.129. The zero-order valence-corrected chi connectivity index (χ0v) is 8.94. The van der Waals surface area contributed by atoms with E-state index in [0.29, 0.717) is 11.7 Å². The first-order valence-electron chi connectivity index (χ1n) is 4.55. The molecule has 0 saturated carbocycles. The van der Waals surface area contributed by atoms with Crippen LogP contribution in [0.15, 0.2) is 0 Å². The van der Waals surface area contributed by atoms with E-state index in [1.54, 1.807) is 4.90 Å². The number of carboxylic acids is 1. The summed E-state index contributed by atoms with van der Waals surface area (Å²) in [6.07, 6.45) is -0.358. The lowest BCUT2D eigenvalue weighted by Gasteiger charge is -2.18. The third-order valence-corrected chi connectivity index (χ3v) is 3.20. The quantitative estimate of drug-likeness (QED) is 0.734. The van der Waals surface area contributed by atoms with Crippen LogP contribution < -0.4 is 4.90 Å². The summed E-state index contributed by atoms with van der Waals surface area (Å²) in [6, 6.07) is -0.688. The maximum Gasteiger partial charge on any atom is 0.326 e. The number of aryl methyl sites for hydroxylation is 1. The Morgan fingerprint density at radius 3 is 2.87 bits per heavy atom. The third-order valence-electron chi connectivity index (χ3n) is 2.33. The van der Waals surface area contributed by atoms with Gasteiger partial charge in [-0.05, 0) is 6.92 Å². The van der Waals surface area contributed by atoms with Gasteiger partial charge in [0.25, 0.3) is 0 Å². The molecular weight excluding hydrogens is 218 g/mol. The van der Waals surface area contributed by atoms with Gasteiger partial charge in [-0.2, -0.15) is 0 Å². The van der Waals surface area contributed by atoms with Gasteiger partial charge in [0.15, 0.2) is 0 Å². The van der Waals surface area contributed by atoms with Crippen LogP contribution in [-0.4, -0.2) is 45.1 Å². The second-order valence-corrected chi connectivity index (χ2v) is 4.66. The van der Waals surface area contributed by atoms with Gasteiger partial charge in [0, 0.05) is 13.0 Å². The Bertz CT molecular complexity index is 381. The van der Waals surface area contributed by atoms with Crippen molar-refractivity contribution < 1.29 is 15.0 Å². The summed E-state index contributed by atoms with van der Waals surface area (Å²) >= 11 is 1.34. The molecule has 0 aromatic carbocycles. The lowest BCUT2D eigenvalue weighted by Crippen LogP contribution is -2.35. The van der Waals surface area contributed by atoms with Crippen molar-refractivity contribution in [2.45, 2.75) is 25.5 Å². The zero-order valence-electron chi connectivity index (χ0n) is 8.12. The Labute approximate surface area is 90.2 Å². The Morgan fingerprint density at radius 2 is 2.33 bits per heavy atom. The van der Waals surface area contributed by atoms with Crippen LogP contribution in [0, 0.1) is 6.92 Å². The molecule has 0 radical (unpaired) electrons. The number of anilines is 1. The number of carboxylic acid groups (broad SMARTS) is 1. The maximum atomic E-state index is 10.9. The highest BCUT2D eigenvalue weighted by Gasteiger charge is 2.37. The molecule has 6 nitrogen and oxygen atoms in total. The Balaban J connectivity index is 2.24. The number of aliphatic hydroxyl groups excluding tert-OH is 1. The van der Waals surface area contributed by atoms with Gasteiger partial charge in [-0.25, -0.2) is 4.79 Å². The molecule has 0 aliphatic carbocycles. The summed E-state index contributed by atoms with van der Waals surface area (Å²) in [5, 5.41) is 27.5. The van der Waals surface area contributed by atoms with Crippen molar-refractivity contribution in [2.75, 3.05) is 11.4 Å². The number of aromatic nitrogens is 2. The van der Waals surface area contributed by atoms with E-state index in [0.717, 1.165) is 5.01 Å². The van der Waals surface area contributed by atoms with E-state index >= 15 is 0 Å². The summed E-state index contributed by atoms with van der Waals surface area (Å²) in [5.74, 6) is -0.931.